The van der Waals surface area contributed by atoms with Crippen molar-refractivity contribution in [3.8, 4) is 0 Å². The van der Waals surface area contributed by atoms with Gasteiger partial charge in [0.2, 0.25) is 0 Å². The Morgan fingerprint density at radius 2 is 2.07 bits per heavy atom. The van der Waals surface area contributed by atoms with Crippen LogP contribution in [0.4, 0.5) is 5.69 Å². The summed E-state index contributed by atoms with van der Waals surface area (Å²) < 4.78 is 5.41. The third-order valence-corrected chi connectivity index (χ3v) is 4.24. The molecular weight excluding hydrogens is 342 g/mol. The normalized spacial score (nSPS) is 13.1. The molecule has 0 aromatic carbocycles. The van der Waals surface area contributed by atoms with E-state index in [2.05, 4.69) is 25.6 Å². The second-order valence-electron chi connectivity index (χ2n) is 6.16. The van der Waals surface area contributed by atoms with Crippen molar-refractivity contribution in [2.75, 3.05) is 18.5 Å². The molecule has 0 atom stereocenters. The first-order valence-corrected chi connectivity index (χ1v) is 8.77. The molecule has 1 aliphatic heterocycles. The minimum absolute atomic E-state index is 0.233. The number of carbonyl (C=O) groups is 1. The third-order valence-electron chi connectivity index (χ3n) is 4.24. The summed E-state index contributed by atoms with van der Waals surface area (Å²) in [7, 11) is 0. The van der Waals surface area contributed by atoms with Gasteiger partial charge in [0.1, 0.15) is 11.5 Å². The van der Waals surface area contributed by atoms with Crippen molar-refractivity contribution >= 4 is 22.5 Å². The quantitative estimate of drug-likeness (QED) is 0.702. The number of hydrogen-bond acceptors (Lipinski definition) is 6. The zero-order chi connectivity index (χ0) is 18.5. The monoisotopic (exact) mass is 361 g/mol. The van der Waals surface area contributed by atoms with Crippen LogP contribution in [0.5, 0.6) is 0 Å². The Balaban J connectivity index is 1.52. The molecule has 136 valence electrons. The number of fused-ring (bicyclic) bond motifs is 1. The lowest BCUT2D eigenvalue weighted by Crippen LogP contribution is -2.26. The molecular formula is C20H19N5O2. The molecule has 1 aliphatic rings. The summed E-state index contributed by atoms with van der Waals surface area (Å²) >= 11 is 0. The van der Waals surface area contributed by atoms with E-state index in [-0.39, 0.29) is 5.91 Å². The molecule has 0 fully saturated rings. The van der Waals surface area contributed by atoms with Crippen LogP contribution in [0.1, 0.15) is 22.5 Å². The number of nitrogens with one attached hydrogen (secondary N) is 2. The van der Waals surface area contributed by atoms with Crippen molar-refractivity contribution < 1.29 is 9.53 Å². The first kappa shape index (κ1) is 17.0. The van der Waals surface area contributed by atoms with E-state index < -0.39 is 0 Å². The Hall–Kier alpha value is -3.48. The Labute approximate surface area is 156 Å². The third kappa shape index (κ3) is 4.03. The summed E-state index contributed by atoms with van der Waals surface area (Å²) in [5, 5.41) is 7.03. The van der Waals surface area contributed by atoms with Gasteiger partial charge in [-0.15, -0.1) is 0 Å². The predicted octanol–water partition coefficient (Wildman–Crippen LogP) is 2.67. The fraction of sp³-hybridized carbons (Fsp3) is 0.200. The van der Waals surface area contributed by atoms with E-state index in [1.807, 2.05) is 24.3 Å². The number of hydrogen-bond donors (Lipinski definition) is 2. The van der Waals surface area contributed by atoms with Crippen LogP contribution in [0.25, 0.3) is 10.9 Å². The summed E-state index contributed by atoms with van der Waals surface area (Å²) in [6.07, 6.45) is 9.86. The zero-order valence-electron chi connectivity index (χ0n) is 14.7. The van der Waals surface area contributed by atoms with Gasteiger partial charge >= 0.3 is 0 Å². The maximum Gasteiger partial charge on any atom is 0.270 e. The molecule has 3 aromatic rings. The van der Waals surface area contributed by atoms with Gasteiger partial charge in [-0.1, -0.05) is 6.07 Å². The first-order chi connectivity index (χ1) is 13.3. The highest BCUT2D eigenvalue weighted by atomic mass is 16.5. The molecule has 7 heteroatoms. The van der Waals surface area contributed by atoms with E-state index >= 15 is 0 Å². The van der Waals surface area contributed by atoms with Crippen molar-refractivity contribution in [2.45, 2.75) is 13.0 Å². The van der Waals surface area contributed by atoms with Gasteiger partial charge in [0.25, 0.3) is 5.91 Å². The number of pyridine rings is 3. The fourth-order valence-electron chi connectivity index (χ4n) is 2.85. The minimum Gasteiger partial charge on any atom is -0.496 e. The highest BCUT2D eigenvalue weighted by Gasteiger charge is 2.12. The number of rotatable bonds is 6. The fourth-order valence-corrected chi connectivity index (χ4v) is 2.85. The van der Waals surface area contributed by atoms with Crippen molar-refractivity contribution in [3.05, 3.63) is 72.1 Å². The van der Waals surface area contributed by atoms with Crippen molar-refractivity contribution in [2.24, 2.45) is 0 Å². The Bertz CT molecular complexity index is 988. The number of aromatic nitrogens is 3. The van der Waals surface area contributed by atoms with Gasteiger partial charge in [0.05, 0.1) is 30.6 Å². The summed E-state index contributed by atoms with van der Waals surface area (Å²) in [5.41, 5.74) is 2.88. The summed E-state index contributed by atoms with van der Waals surface area (Å²) in [5.74, 6) is 0.565. The summed E-state index contributed by atoms with van der Waals surface area (Å²) in [6.45, 7) is 1.65. The van der Waals surface area contributed by atoms with Crippen LogP contribution in [0.15, 0.2) is 60.9 Å². The average Bonchev–Trinajstić information content (AvgIpc) is 3.24. The molecule has 4 rings (SSSR count). The van der Waals surface area contributed by atoms with Crippen LogP contribution < -0.4 is 10.6 Å². The topological polar surface area (TPSA) is 89.0 Å². The minimum atomic E-state index is -0.233. The second-order valence-corrected chi connectivity index (χ2v) is 6.16. The van der Waals surface area contributed by atoms with E-state index in [0.29, 0.717) is 30.9 Å². The number of ether oxygens (including phenoxy) is 1. The van der Waals surface area contributed by atoms with E-state index in [1.54, 1.807) is 30.9 Å². The molecule has 1 amide bonds. The molecule has 0 saturated heterocycles. The van der Waals surface area contributed by atoms with E-state index in [1.165, 1.54) is 0 Å². The van der Waals surface area contributed by atoms with Gasteiger partial charge in [0, 0.05) is 36.9 Å². The Kier molecular flexibility index (Phi) is 4.91. The molecule has 3 aromatic heterocycles. The highest BCUT2D eigenvalue weighted by Crippen LogP contribution is 2.21. The Morgan fingerprint density at radius 1 is 1.11 bits per heavy atom. The molecule has 4 heterocycles. The number of anilines is 1. The zero-order valence-corrected chi connectivity index (χ0v) is 14.7. The molecule has 2 N–H and O–H groups in total. The van der Waals surface area contributed by atoms with E-state index in [4.69, 9.17) is 4.74 Å². The molecule has 0 bridgehead atoms. The van der Waals surface area contributed by atoms with Gasteiger partial charge in [-0.3, -0.25) is 14.8 Å². The summed E-state index contributed by atoms with van der Waals surface area (Å²) in [6, 6.07) is 7.44. The molecule has 0 spiro atoms. The van der Waals surface area contributed by atoms with Gasteiger partial charge in [-0.25, -0.2) is 4.98 Å². The average molecular weight is 361 g/mol. The lowest BCUT2D eigenvalue weighted by molar-refractivity contribution is 0.0944. The molecule has 0 aliphatic carbocycles. The lowest BCUT2D eigenvalue weighted by Gasteiger charge is -2.10. The van der Waals surface area contributed by atoms with Gasteiger partial charge in [0.15, 0.2) is 0 Å². The van der Waals surface area contributed by atoms with Crippen molar-refractivity contribution in [3.63, 3.8) is 0 Å². The largest absolute Gasteiger partial charge is 0.496 e. The van der Waals surface area contributed by atoms with Crippen LogP contribution in [0, 0.1) is 0 Å². The van der Waals surface area contributed by atoms with Crippen LogP contribution in [0.2, 0.25) is 0 Å². The molecule has 7 nitrogen and oxygen atoms in total. The molecule has 27 heavy (non-hydrogen) atoms. The smallest absolute Gasteiger partial charge is 0.270 e. The van der Waals surface area contributed by atoms with Crippen molar-refractivity contribution in [1.29, 1.82) is 0 Å². The second kappa shape index (κ2) is 7.82. The standard InChI is InChI=1S/C20H19N5O2/c26-20(24-12-16-4-2-8-27-16)17-6-5-15-11-22-13-18(19(15)25-17)23-10-14-3-1-7-21-9-14/h1,3-7,9,11,13,23H,2,8,10,12H2,(H,24,26). The van der Waals surface area contributed by atoms with Crippen molar-refractivity contribution in [1.82, 2.24) is 20.3 Å². The van der Waals surface area contributed by atoms with Crippen LogP contribution in [0.3, 0.4) is 0 Å². The number of nitrogens with zero attached hydrogens (tertiary/aromatic N) is 3. The molecule has 0 saturated carbocycles. The molecule has 0 radical (unpaired) electrons. The van der Waals surface area contributed by atoms with E-state index in [0.717, 1.165) is 28.8 Å². The predicted molar refractivity (Wildman–Crippen MR) is 102 cm³/mol. The van der Waals surface area contributed by atoms with E-state index in [9.17, 15) is 4.79 Å². The highest BCUT2D eigenvalue weighted by molar-refractivity contribution is 5.97. The van der Waals surface area contributed by atoms with Gasteiger partial charge < -0.3 is 15.4 Å². The maximum absolute atomic E-state index is 12.4. The summed E-state index contributed by atoms with van der Waals surface area (Å²) in [4.78, 5) is 25.3. The number of amides is 1. The maximum atomic E-state index is 12.4. The first-order valence-electron chi connectivity index (χ1n) is 8.77. The Morgan fingerprint density at radius 3 is 2.89 bits per heavy atom. The van der Waals surface area contributed by atoms with Crippen LogP contribution >= 0.6 is 0 Å². The SMILES string of the molecule is O=C(NCC1=CCCO1)c1ccc2cncc(NCc3cccnc3)c2n1. The number of carbonyl (C=O) groups excluding carboxylic acids is 1. The van der Waals surface area contributed by atoms with Crippen LogP contribution in [-0.4, -0.2) is 34.0 Å². The van der Waals surface area contributed by atoms with Crippen LogP contribution in [-0.2, 0) is 11.3 Å². The van der Waals surface area contributed by atoms with Gasteiger partial charge in [-0.2, -0.15) is 0 Å². The molecule has 0 unspecified atom stereocenters. The van der Waals surface area contributed by atoms with Gasteiger partial charge in [-0.05, 0) is 29.8 Å². The lowest BCUT2D eigenvalue weighted by atomic mass is 10.2.